The minimum Gasteiger partial charge on any atom is -0.493 e. The summed E-state index contributed by atoms with van der Waals surface area (Å²) in [6.45, 7) is -0.586. The number of fused-ring (bicyclic) bond motifs is 1. The van der Waals surface area contributed by atoms with Crippen molar-refractivity contribution >= 4 is 28.4 Å². The quantitative estimate of drug-likeness (QED) is 0.505. The molecule has 0 spiro atoms. The van der Waals surface area contributed by atoms with Gasteiger partial charge in [0.1, 0.15) is 6.04 Å². The van der Waals surface area contributed by atoms with E-state index in [0.717, 1.165) is 10.9 Å². The smallest absolute Gasteiger partial charge is 0.252 e. The lowest BCUT2D eigenvalue weighted by Gasteiger charge is -2.18. The highest BCUT2D eigenvalue weighted by molar-refractivity contribution is 6.02. The molecule has 2 aromatic carbocycles. The lowest BCUT2D eigenvalue weighted by Crippen LogP contribution is -2.46. The zero-order valence-electron chi connectivity index (χ0n) is 17.3. The molecule has 0 aliphatic rings. The summed E-state index contributed by atoms with van der Waals surface area (Å²) in [5, 5.41) is 15.7. The van der Waals surface area contributed by atoms with Crippen LogP contribution in [-0.4, -0.2) is 55.9 Å². The summed E-state index contributed by atoms with van der Waals surface area (Å²) in [6.07, 6.45) is 1.68. The van der Waals surface area contributed by atoms with E-state index >= 15 is 0 Å². The standard InChI is InChI=1S/C22H23N3O6/c1-29-18-10-14(11-19(30-2)20(18)31-3)21(27)25-17(12-26)22(28)24-15-6-7-16-13(9-15)5-4-8-23-16/h4-11,17,26H,12H2,1-3H3,(H,24,28)(H,25,27). The Hall–Kier alpha value is -3.85. The number of amides is 2. The Balaban J connectivity index is 1.76. The van der Waals surface area contributed by atoms with Crippen LogP contribution in [0.3, 0.4) is 0 Å². The second-order valence-electron chi connectivity index (χ2n) is 6.52. The summed E-state index contributed by atoms with van der Waals surface area (Å²) in [5.74, 6) is -0.227. The zero-order chi connectivity index (χ0) is 22.4. The van der Waals surface area contributed by atoms with E-state index in [2.05, 4.69) is 15.6 Å². The molecule has 1 atom stereocenters. The van der Waals surface area contributed by atoms with Gasteiger partial charge in [0.25, 0.3) is 5.91 Å². The molecule has 3 aromatic rings. The maximum absolute atomic E-state index is 12.7. The third-order valence-corrected chi connectivity index (χ3v) is 4.60. The fraction of sp³-hybridized carbons (Fsp3) is 0.227. The molecule has 0 aliphatic carbocycles. The van der Waals surface area contributed by atoms with E-state index in [9.17, 15) is 14.7 Å². The number of rotatable bonds is 8. The monoisotopic (exact) mass is 425 g/mol. The number of carbonyl (C=O) groups is 2. The number of hydrogen-bond donors (Lipinski definition) is 3. The number of aromatic nitrogens is 1. The summed E-state index contributed by atoms with van der Waals surface area (Å²) in [4.78, 5) is 29.6. The molecular weight excluding hydrogens is 402 g/mol. The summed E-state index contributed by atoms with van der Waals surface area (Å²) in [6, 6.07) is 10.6. The zero-order valence-corrected chi connectivity index (χ0v) is 17.3. The van der Waals surface area contributed by atoms with Gasteiger partial charge in [-0.2, -0.15) is 0 Å². The first-order valence-electron chi connectivity index (χ1n) is 9.38. The van der Waals surface area contributed by atoms with Crippen LogP contribution in [0.25, 0.3) is 10.9 Å². The number of aliphatic hydroxyl groups is 1. The molecule has 3 rings (SSSR count). The fourth-order valence-electron chi connectivity index (χ4n) is 3.03. The molecule has 0 fully saturated rings. The van der Waals surface area contributed by atoms with Gasteiger partial charge in [0.2, 0.25) is 11.7 Å². The second kappa shape index (κ2) is 9.77. The fourth-order valence-corrected chi connectivity index (χ4v) is 3.03. The summed E-state index contributed by atoms with van der Waals surface area (Å²) >= 11 is 0. The number of ether oxygens (including phenoxy) is 3. The Labute approximate surface area is 179 Å². The lowest BCUT2D eigenvalue weighted by molar-refractivity contribution is -0.118. The van der Waals surface area contributed by atoms with E-state index in [1.807, 2.05) is 6.07 Å². The second-order valence-corrected chi connectivity index (χ2v) is 6.52. The minimum atomic E-state index is -1.17. The third kappa shape index (κ3) is 4.84. The number of nitrogens with zero attached hydrogens (tertiary/aromatic N) is 1. The van der Waals surface area contributed by atoms with Crippen LogP contribution in [0.1, 0.15) is 10.4 Å². The normalized spacial score (nSPS) is 11.5. The number of aliphatic hydroxyl groups excluding tert-OH is 1. The third-order valence-electron chi connectivity index (χ3n) is 4.60. The van der Waals surface area contributed by atoms with Crippen molar-refractivity contribution < 1.29 is 28.9 Å². The first-order valence-corrected chi connectivity index (χ1v) is 9.38. The highest BCUT2D eigenvalue weighted by atomic mass is 16.5. The van der Waals surface area contributed by atoms with Crippen molar-refractivity contribution in [1.29, 1.82) is 0 Å². The van der Waals surface area contributed by atoms with E-state index < -0.39 is 24.5 Å². The van der Waals surface area contributed by atoms with Crippen molar-refractivity contribution in [1.82, 2.24) is 10.3 Å². The van der Waals surface area contributed by atoms with Crippen molar-refractivity contribution in [2.24, 2.45) is 0 Å². The van der Waals surface area contributed by atoms with E-state index in [-0.39, 0.29) is 5.56 Å². The molecule has 1 unspecified atom stereocenters. The van der Waals surface area contributed by atoms with E-state index in [1.54, 1.807) is 30.5 Å². The average molecular weight is 425 g/mol. The van der Waals surface area contributed by atoms with Crippen LogP contribution in [0.4, 0.5) is 5.69 Å². The number of nitrogens with one attached hydrogen (secondary N) is 2. The Kier molecular flexibility index (Phi) is 6.88. The first-order chi connectivity index (χ1) is 15.0. The van der Waals surface area contributed by atoms with Crippen molar-refractivity contribution in [3.05, 3.63) is 54.2 Å². The highest BCUT2D eigenvalue weighted by Gasteiger charge is 2.23. The molecule has 162 valence electrons. The van der Waals surface area contributed by atoms with Crippen molar-refractivity contribution in [2.45, 2.75) is 6.04 Å². The number of pyridine rings is 1. The van der Waals surface area contributed by atoms with E-state index in [1.165, 1.54) is 33.5 Å². The van der Waals surface area contributed by atoms with Crippen LogP contribution in [-0.2, 0) is 4.79 Å². The number of carbonyl (C=O) groups excluding carboxylic acids is 2. The summed E-state index contributed by atoms with van der Waals surface area (Å²) in [5.41, 5.74) is 1.48. The van der Waals surface area contributed by atoms with Crippen LogP contribution < -0.4 is 24.8 Å². The Bertz CT molecular complexity index is 1080. The van der Waals surface area contributed by atoms with Gasteiger partial charge >= 0.3 is 0 Å². The number of hydrogen-bond acceptors (Lipinski definition) is 7. The van der Waals surface area contributed by atoms with Crippen LogP contribution in [0, 0.1) is 0 Å². The maximum Gasteiger partial charge on any atom is 0.252 e. The highest BCUT2D eigenvalue weighted by Crippen LogP contribution is 2.38. The molecule has 0 radical (unpaired) electrons. The van der Waals surface area contributed by atoms with Gasteiger partial charge in [-0.05, 0) is 36.4 Å². The molecule has 0 saturated carbocycles. The average Bonchev–Trinajstić information content (AvgIpc) is 2.80. The molecule has 1 heterocycles. The lowest BCUT2D eigenvalue weighted by atomic mass is 10.1. The molecule has 1 aromatic heterocycles. The van der Waals surface area contributed by atoms with Gasteiger partial charge in [-0.15, -0.1) is 0 Å². The van der Waals surface area contributed by atoms with Crippen molar-refractivity contribution in [3.63, 3.8) is 0 Å². The van der Waals surface area contributed by atoms with Gasteiger partial charge in [0.15, 0.2) is 11.5 Å². The Morgan fingerprint density at radius 3 is 2.35 bits per heavy atom. The van der Waals surface area contributed by atoms with Gasteiger partial charge in [0.05, 0.1) is 33.5 Å². The molecule has 3 N–H and O–H groups in total. The van der Waals surface area contributed by atoms with Crippen LogP contribution >= 0.6 is 0 Å². The topological polar surface area (TPSA) is 119 Å². The summed E-state index contributed by atoms with van der Waals surface area (Å²) in [7, 11) is 4.32. The van der Waals surface area contributed by atoms with Crippen LogP contribution in [0.5, 0.6) is 17.2 Å². The van der Waals surface area contributed by atoms with E-state index in [0.29, 0.717) is 22.9 Å². The SMILES string of the molecule is COc1cc(C(=O)NC(CO)C(=O)Nc2ccc3ncccc3c2)cc(OC)c1OC. The predicted molar refractivity (Wildman–Crippen MR) is 115 cm³/mol. The van der Waals surface area contributed by atoms with Crippen LogP contribution in [0.15, 0.2) is 48.7 Å². The number of benzene rings is 2. The number of anilines is 1. The van der Waals surface area contributed by atoms with Crippen LogP contribution in [0.2, 0.25) is 0 Å². The molecule has 0 saturated heterocycles. The van der Waals surface area contributed by atoms with Crippen molar-refractivity contribution in [3.8, 4) is 17.2 Å². The minimum absolute atomic E-state index is 0.178. The largest absolute Gasteiger partial charge is 0.493 e. The van der Waals surface area contributed by atoms with Gasteiger partial charge < -0.3 is 30.0 Å². The molecule has 2 amide bonds. The molecule has 9 nitrogen and oxygen atoms in total. The first kappa shape index (κ1) is 21.8. The number of methoxy groups -OCH3 is 3. The Morgan fingerprint density at radius 2 is 1.74 bits per heavy atom. The molecule has 31 heavy (non-hydrogen) atoms. The predicted octanol–water partition coefficient (Wildman–Crippen LogP) is 1.99. The molecular formula is C22H23N3O6. The van der Waals surface area contributed by atoms with Gasteiger partial charge in [-0.1, -0.05) is 6.07 Å². The summed E-state index contributed by atoms with van der Waals surface area (Å²) < 4.78 is 15.7. The molecule has 0 bridgehead atoms. The van der Waals surface area contributed by atoms with Gasteiger partial charge in [0, 0.05) is 22.8 Å². The molecule has 0 aliphatic heterocycles. The van der Waals surface area contributed by atoms with E-state index in [4.69, 9.17) is 14.2 Å². The van der Waals surface area contributed by atoms with Crippen molar-refractivity contribution in [2.75, 3.05) is 33.3 Å². The van der Waals surface area contributed by atoms with Gasteiger partial charge in [-0.25, -0.2) is 0 Å². The maximum atomic E-state index is 12.7. The Morgan fingerprint density at radius 1 is 1.03 bits per heavy atom. The molecule has 9 heteroatoms. The van der Waals surface area contributed by atoms with Gasteiger partial charge in [-0.3, -0.25) is 14.6 Å².